The second kappa shape index (κ2) is 5.49. The van der Waals surface area contributed by atoms with Crippen LogP contribution in [0.25, 0.3) is 10.9 Å². The third kappa shape index (κ3) is 2.33. The van der Waals surface area contributed by atoms with Gasteiger partial charge in [-0.25, -0.2) is 0 Å². The van der Waals surface area contributed by atoms with Crippen LogP contribution in [0.15, 0.2) is 60.8 Å². The lowest BCUT2D eigenvalue weighted by Gasteiger charge is -2.06. The van der Waals surface area contributed by atoms with Gasteiger partial charge in [-0.3, -0.25) is 0 Å². The summed E-state index contributed by atoms with van der Waals surface area (Å²) in [6, 6.07) is 18.7. The molecule has 0 bridgehead atoms. The molecule has 0 spiro atoms. The van der Waals surface area contributed by atoms with Crippen LogP contribution in [0.4, 0.5) is 0 Å². The first kappa shape index (κ1) is 12.9. The highest BCUT2D eigenvalue weighted by Crippen LogP contribution is 2.25. The number of benzene rings is 2. The van der Waals surface area contributed by atoms with Crippen LogP contribution in [0.1, 0.15) is 17.2 Å². The van der Waals surface area contributed by atoms with E-state index >= 15 is 0 Å². The molecular weight excluding hydrogens is 246 g/mol. The molecule has 0 radical (unpaired) electrons. The van der Waals surface area contributed by atoms with E-state index in [0.717, 1.165) is 12.1 Å². The van der Waals surface area contributed by atoms with Crippen molar-refractivity contribution in [2.75, 3.05) is 6.54 Å². The first-order chi connectivity index (χ1) is 9.79. The summed E-state index contributed by atoms with van der Waals surface area (Å²) in [5, 5.41) is 1.20. The molecule has 3 heteroatoms. The van der Waals surface area contributed by atoms with Gasteiger partial charge in [0.2, 0.25) is 0 Å². The maximum atomic E-state index is 6.13. The van der Waals surface area contributed by atoms with Crippen LogP contribution in [0, 0.1) is 0 Å². The Morgan fingerprint density at radius 1 is 0.950 bits per heavy atom. The molecule has 2 aromatic carbocycles. The van der Waals surface area contributed by atoms with Crippen LogP contribution in [0.3, 0.4) is 0 Å². The van der Waals surface area contributed by atoms with Gasteiger partial charge in [0, 0.05) is 36.2 Å². The fourth-order valence-electron chi connectivity index (χ4n) is 2.61. The fraction of sp³-hybridized carbons (Fsp3) is 0.176. The quantitative estimate of drug-likeness (QED) is 0.762. The van der Waals surface area contributed by atoms with Gasteiger partial charge in [0.25, 0.3) is 0 Å². The lowest BCUT2D eigenvalue weighted by molar-refractivity contribution is 0.732. The topological polar surface area (TPSA) is 57.0 Å². The van der Waals surface area contributed by atoms with Gasteiger partial charge in [-0.05, 0) is 17.2 Å². The summed E-state index contributed by atoms with van der Waals surface area (Å²) in [7, 11) is 0. The summed E-state index contributed by atoms with van der Waals surface area (Å²) in [6.07, 6.45) is 2.13. The van der Waals surface area contributed by atoms with E-state index in [1.165, 1.54) is 16.5 Å². The van der Waals surface area contributed by atoms with Gasteiger partial charge in [-0.2, -0.15) is 0 Å². The number of nitrogens with zero attached hydrogens (tertiary/aromatic N) is 1. The highest BCUT2D eigenvalue weighted by molar-refractivity contribution is 5.84. The van der Waals surface area contributed by atoms with E-state index in [1.54, 1.807) is 0 Å². The van der Waals surface area contributed by atoms with Crippen LogP contribution < -0.4 is 11.5 Å². The van der Waals surface area contributed by atoms with Crippen molar-refractivity contribution in [1.29, 1.82) is 0 Å². The zero-order chi connectivity index (χ0) is 13.9. The predicted molar refractivity (Wildman–Crippen MR) is 83.5 cm³/mol. The van der Waals surface area contributed by atoms with Crippen molar-refractivity contribution < 1.29 is 0 Å². The van der Waals surface area contributed by atoms with Crippen LogP contribution >= 0.6 is 0 Å². The first-order valence-corrected chi connectivity index (χ1v) is 6.87. The van der Waals surface area contributed by atoms with Crippen molar-refractivity contribution in [2.45, 2.75) is 12.6 Å². The summed E-state index contributed by atoms with van der Waals surface area (Å²) in [6.45, 7) is 1.30. The standard InChI is InChI=1S/C17H19N3/c18-10-16(19)15-12-20(11-13-6-2-1-3-7-13)17-9-5-4-8-14(15)17/h1-9,12,16H,10-11,18-19H2. The first-order valence-electron chi connectivity index (χ1n) is 6.87. The van der Waals surface area contributed by atoms with E-state index in [-0.39, 0.29) is 6.04 Å². The van der Waals surface area contributed by atoms with Crippen molar-refractivity contribution in [2.24, 2.45) is 11.5 Å². The second-order valence-electron chi connectivity index (χ2n) is 5.06. The summed E-state index contributed by atoms with van der Waals surface area (Å²) in [5.41, 5.74) is 15.5. The molecule has 0 fully saturated rings. The molecule has 20 heavy (non-hydrogen) atoms. The van der Waals surface area contributed by atoms with Gasteiger partial charge < -0.3 is 16.0 Å². The highest BCUT2D eigenvalue weighted by atomic mass is 15.0. The lowest BCUT2D eigenvalue weighted by atomic mass is 10.1. The van der Waals surface area contributed by atoms with Crippen LogP contribution in [-0.4, -0.2) is 11.1 Å². The Balaban J connectivity index is 2.07. The van der Waals surface area contributed by atoms with Gasteiger partial charge in [-0.15, -0.1) is 0 Å². The summed E-state index contributed by atoms with van der Waals surface area (Å²) in [5.74, 6) is 0. The molecular formula is C17H19N3. The largest absolute Gasteiger partial charge is 0.343 e. The summed E-state index contributed by atoms with van der Waals surface area (Å²) in [4.78, 5) is 0. The molecule has 0 aliphatic heterocycles. The molecule has 0 saturated heterocycles. The minimum atomic E-state index is -0.114. The highest BCUT2D eigenvalue weighted by Gasteiger charge is 2.13. The minimum absolute atomic E-state index is 0.114. The molecule has 1 unspecified atom stereocenters. The van der Waals surface area contributed by atoms with Crippen LogP contribution in [0.5, 0.6) is 0 Å². The molecule has 0 aliphatic carbocycles. The molecule has 0 aliphatic rings. The average molecular weight is 265 g/mol. The third-order valence-corrected chi connectivity index (χ3v) is 3.67. The maximum absolute atomic E-state index is 6.13. The van der Waals surface area contributed by atoms with Crippen molar-refractivity contribution in [3.63, 3.8) is 0 Å². The summed E-state index contributed by atoms with van der Waals surface area (Å²) >= 11 is 0. The van der Waals surface area contributed by atoms with E-state index in [4.69, 9.17) is 11.5 Å². The van der Waals surface area contributed by atoms with Crippen LogP contribution in [0.2, 0.25) is 0 Å². The molecule has 4 N–H and O–H groups in total. The Hall–Kier alpha value is -2.10. The molecule has 0 saturated carbocycles. The van der Waals surface area contributed by atoms with E-state index in [9.17, 15) is 0 Å². The van der Waals surface area contributed by atoms with Crippen molar-refractivity contribution >= 4 is 10.9 Å². The molecule has 1 aromatic heterocycles. The number of hydrogen-bond acceptors (Lipinski definition) is 2. The molecule has 102 valence electrons. The predicted octanol–water partition coefficient (Wildman–Crippen LogP) is 2.65. The average Bonchev–Trinajstić information content (AvgIpc) is 2.87. The Morgan fingerprint density at radius 2 is 1.65 bits per heavy atom. The van der Waals surface area contributed by atoms with Crippen molar-refractivity contribution in [3.05, 3.63) is 71.9 Å². The number of nitrogens with two attached hydrogens (primary N) is 2. The van der Waals surface area contributed by atoms with E-state index in [2.05, 4.69) is 53.2 Å². The Labute approximate surface area is 118 Å². The smallest absolute Gasteiger partial charge is 0.0486 e. The molecule has 0 amide bonds. The van der Waals surface area contributed by atoms with E-state index < -0.39 is 0 Å². The Kier molecular flexibility index (Phi) is 3.54. The van der Waals surface area contributed by atoms with E-state index in [1.807, 2.05) is 12.1 Å². The zero-order valence-corrected chi connectivity index (χ0v) is 11.4. The van der Waals surface area contributed by atoms with Crippen molar-refractivity contribution in [1.82, 2.24) is 4.57 Å². The van der Waals surface area contributed by atoms with Gasteiger partial charge in [-0.1, -0.05) is 48.5 Å². The SMILES string of the molecule is NCC(N)c1cn(Cc2ccccc2)c2ccccc12. The summed E-state index contributed by atoms with van der Waals surface area (Å²) < 4.78 is 2.25. The molecule has 1 heterocycles. The number of hydrogen-bond donors (Lipinski definition) is 2. The van der Waals surface area contributed by atoms with Crippen molar-refractivity contribution in [3.8, 4) is 0 Å². The molecule has 3 nitrogen and oxygen atoms in total. The number of aromatic nitrogens is 1. The number of rotatable bonds is 4. The lowest BCUT2D eigenvalue weighted by Crippen LogP contribution is -2.20. The fourth-order valence-corrected chi connectivity index (χ4v) is 2.61. The molecule has 3 rings (SSSR count). The van der Waals surface area contributed by atoms with Gasteiger partial charge in [0.15, 0.2) is 0 Å². The molecule has 3 aromatic rings. The molecule has 1 atom stereocenters. The Morgan fingerprint density at radius 3 is 2.40 bits per heavy atom. The Bertz CT molecular complexity index is 701. The van der Waals surface area contributed by atoms with Gasteiger partial charge in [0.1, 0.15) is 0 Å². The van der Waals surface area contributed by atoms with Crippen LogP contribution in [-0.2, 0) is 6.54 Å². The third-order valence-electron chi connectivity index (χ3n) is 3.67. The van der Waals surface area contributed by atoms with E-state index in [0.29, 0.717) is 6.54 Å². The maximum Gasteiger partial charge on any atom is 0.0486 e. The minimum Gasteiger partial charge on any atom is -0.343 e. The number of para-hydroxylation sites is 1. The zero-order valence-electron chi connectivity index (χ0n) is 11.4. The monoisotopic (exact) mass is 265 g/mol. The van der Waals surface area contributed by atoms with Gasteiger partial charge >= 0.3 is 0 Å². The number of fused-ring (bicyclic) bond motifs is 1. The van der Waals surface area contributed by atoms with Gasteiger partial charge in [0.05, 0.1) is 0 Å². The second-order valence-corrected chi connectivity index (χ2v) is 5.06. The normalized spacial score (nSPS) is 12.7.